The Morgan fingerprint density at radius 1 is 1.50 bits per heavy atom. The smallest absolute Gasteiger partial charge is 0.316 e. The standard InChI is InChI=1S/C9H13N3O2.C2H6/c1-4-8(13)12-7-5-10-9(14-3)11-6(7)2;1-2/h5H,4H2,1-3H3,(H,12,13);1-2H3. The number of aromatic nitrogens is 2. The summed E-state index contributed by atoms with van der Waals surface area (Å²) < 4.78 is 4.85. The fourth-order valence-electron chi connectivity index (χ4n) is 0.905. The second kappa shape index (κ2) is 7.62. The van der Waals surface area contributed by atoms with Crippen molar-refractivity contribution in [1.29, 1.82) is 0 Å². The molecule has 90 valence electrons. The molecule has 5 nitrogen and oxygen atoms in total. The molecule has 1 amide bonds. The van der Waals surface area contributed by atoms with Gasteiger partial charge in [0.1, 0.15) is 0 Å². The van der Waals surface area contributed by atoms with Crippen molar-refractivity contribution in [3.8, 4) is 6.01 Å². The lowest BCUT2D eigenvalue weighted by molar-refractivity contribution is -0.115. The van der Waals surface area contributed by atoms with Crippen LogP contribution in [0.25, 0.3) is 0 Å². The van der Waals surface area contributed by atoms with Crippen LogP contribution in [-0.2, 0) is 4.79 Å². The number of carbonyl (C=O) groups excluding carboxylic acids is 1. The van der Waals surface area contributed by atoms with E-state index < -0.39 is 0 Å². The van der Waals surface area contributed by atoms with Crippen LogP contribution in [0.15, 0.2) is 6.20 Å². The Labute approximate surface area is 96.3 Å². The van der Waals surface area contributed by atoms with Crippen LogP contribution in [0.1, 0.15) is 32.9 Å². The largest absolute Gasteiger partial charge is 0.467 e. The highest BCUT2D eigenvalue weighted by Gasteiger charge is 2.05. The maximum Gasteiger partial charge on any atom is 0.316 e. The molecular formula is C11H19N3O2. The Balaban J connectivity index is 0.00000106. The minimum atomic E-state index is -0.0538. The highest BCUT2D eigenvalue weighted by atomic mass is 16.5. The van der Waals surface area contributed by atoms with Gasteiger partial charge < -0.3 is 10.1 Å². The molecule has 0 aliphatic rings. The number of methoxy groups -OCH3 is 1. The highest BCUT2D eigenvalue weighted by Crippen LogP contribution is 2.13. The lowest BCUT2D eigenvalue weighted by Crippen LogP contribution is -2.11. The third-order valence-electron chi connectivity index (χ3n) is 1.74. The molecule has 0 unspecified atom stereocenters. The Hall–Kier alpha value is -1.65. The minimum Gasteiger partial charge on any atom is -0.467 e. The van der Waals surface area contributed by atoms with Crippen LogP contribution in [0.5, 0.6) is 6.01 Å². The monoisotopic (exact) mass is 225 g/mol. The Kier molecular flexibility index (Phi) is 6.83. The predicted octanol–water partition coefficient (Wildman–Crippen LogP) is 2.17. The zero-order valence-electron chi connectivity index (χ0n) is 10.5. The average Bonchev–Trinajstić information content (AvgIpc) is 2.34. The van der Waals surface area contributed by atoms with E-state index in [2.05, 4.69) is 15.3 Å². The van der Waals surface area contributed by atoms with E-state index in [0.717, 1.165) is 0 Å². The van der Waals surface area contributed by atoms with Gasteiger partial charge in [-0.2, -0.15) is 4.98 Å². The number of amides is 1. The molecule has 5 heteroatoms. The van der Waals surface area contributed by atoms with E-state index in [1.807, 2.05) is 13.8 Å². The van der Waals surface area contributed by atoms with Gasteiger partial charge in [-0.1, -0.05) is 20.8 Å². The molecule has 0 fully saturated rings. The maximum atomic E-state index is 11.1. The van der Waals surface area contributed by atoms with Crippen LogP contribution in [0.2, 0.25) is 0 Å². The van der Waals surface area contributed by atoms with Crippen molar-refractivity contribution < 1.29 is 9.53 Å². The summed E-state index contributed by atoms with van der Waals surface area (Å²) in [6.45, 7) is 7.57. The molecule has 0 saturated heterocycles. The van der Waals surface area contributed by atoms with E-state index >= 15 is 0 Å². The van der Waals surface area contributed by atoms with Crippen LogP contribution in [0.4, 0.5) is 5.69 Å². The second-order valence-electron chi connectivity index (χ2n) is 2.76. The quantitative estimate of drug-likeness (QED) is 0.856. The summed E-state index contributed by atoms with van der Waals surface area (Å²) >= 11 is 0. The summed E-state index contributed by atoms with van der Waals surface area (Å²) in [5, 5.41) is 2.69. The number of ether oxygens (including phenoxy) is 1. The first kappa shape index (κ1) is 14.3. The summed E-state index contributed by atoms with van der Waals surface area (Å²) in [7, 11) is 1.50. The third-order valence-corrected chi connectivity index (χ3v) is 1.74. The molecule has 1 aromatic heterocycles. The molecule has 16 heavy (non-hydrogen) atoms. The predicted molar refractivity (Wildman–Crippen MR) is 63.6 cm³/mol. The van der Waals surface area contributed by atoms with Crippen molar-refractivity contribution in [2.75, 3.05) is 12.4 Å². The number of aryl methyl sites for hydroxylation is 1. The minimum absolute atomic E-state index is 0.0538. The van der Waals surface area contributed by atoms with Crippen molar-refractivity contribution in [3.05, 3.63) is 11.9 Å². The van der Waals surface area contributed by atoms with Gasteiger partial charge in [0.25, 0.3) is 0 Å². The van der Waals surface area contributed by atoms with E-state index in [1.54, 1.807) is 13.8 Å². The lowest BCUT2D eigenvalue weighted by Gasteiger charge is -2.06. The molecule has 1 rings (SSSR count). The summed E-state index contributed by atoms with van der Waals surface area (Å²) in [5.74, 6) is -0.0538. The van der Waals surface area contributed by atoms with Gasteiger partial charge in [0.05, 0.1) is 24.7 Å². The zero-order valence-corrected chi connectivity index (χ0v) is 10.5. The number of hydrogen-bond acceptors (Lipinski definition) is 4. The van der Waals surface area contributed by atoms with Gasteiger partial charge in [0, 0.05) is 6.42 Å². The fourth-order valence-corrected chi connectivity index (χ4v) is 0.905. The molecule has 0 atom stereocenters. The molecule has 0 spiro atoms. The zero-order chi connectivity index (χ0) is 12.6. The lowest BCUT2D eigenvalue weighted by atomic mass is 10.3. The van der Waals surface area contributed by atoms with Crippen LogP contribution in [-0.4, -0.2) is 23.0 Å². The summed E-state index contributed by atoms with van der Waals surface area (Å²) in [6, 6.07) is 0.303. The van der Waals surface area contributed by atoms with Gasteiger partial charge in [-0.05, 0) is 6.92 Å². The van der Waals surface area contributed by atoms with Gasteiger partial charge in [-0.15, -0.1) is 0 Å². The van der Waals surface area contributed by atoms with E-state index in [9.17, 15) is 4.79 Å². The Bertz CT molecular complexity index is 340. The molecule has 0 bridgehead atoms. The van der Waals surface area contributed by atoms with Crippen molar-refractivity contribution in [1.82, 2.24) is 9.97 Å². The molecule has 1 heterocycles. The molecule has 0 aromatic carbocycles. The molecule has 0 radical (unpaired) electrons. The number of nitrogens with zero attached hydrogens (tertiary/aromatic N) is 2. The Morgan fingerprint density at radius 2 is 2.12 bits per heavy atom. The topological polar surface area (TPSA) is 64.1 Å². The molecular weight excluding hydrogens is 206 g/mol. The second-order valence-corrected chi connectivity index (χ2v) is 2.76. The van der Waals surface area contributed by atoms with Crippen LogP contribution < -0.4 is 10.1 Å². The normalized spacial score (nSPS) is 8.81. The number of hydrogen-bond donors (Lipinski definition) is 1. The van der Waals surface area contributed by atoms with Gasteiger partial charge in [0.15, 0.2) is 0 Å². The first-order valence-electron chi connectivity index (χ1n) is 5.34. The van der Waals surface area contributed by atoms with Crippen LogP contribution in [0.3, 0.4) is 0 Å². The average molecular weight is 225 g/mol. The van der Waals surface area contributed by atoms with Crippen molar-refractivity contribution in [2.45, 2.75) is 34.1 Å². The molecule has 1 N–H and O–H groups in total. The first-order valence-corrected chi connectivity index (χ1v) is 5.34. The van der Waals surface area contributed by atoms with Gasteiger partial charge in [-0.25, -0.2) is 4.98 Å². The van der Waals surface area contributed by atoms with E-state index in [0.29, 0.717) is 23.8 Å². The summed E-state index contributed by atoms with van der Waals surface area (Å²) in [4.78, 5) is 19.0. The van der Waals surface area contributed by atoms with E-state index in [4.69, 9.17) is 4.74 Å². The molecule has 1 aromatic rings. The van der Waals surface area contributed by atoms with E-state index in [-0.39, 0.29) is 5.91 Å². The van der Waals surface area contributed by atoms with E-state index in [1.165, 1.54) is 13.3 Å². The van der Waals surface area contributed by atoms with Crippen molar-refractivity contribution in [3.63, 3.8) is 0 Å². The summed E-state index contributed by atoms with van der Waals surface area (Å²) in [6.07, 6.45) is 1.97. The van der Waals surface area contributed by atoms with Gasteiger partial charge in [0.2, 0.25) is 5.91 Å². The first-order chi connectivity index (χ1) is 7.67. The number of anilines is 1. The number of carbonyl (C=O) groups is 1. The number of nitrogens with one attached hydrogen (secondary N) is 1. The highest BCUT2D eigenvalue weighted by molar-refractivity contribution is 5.90. The summed E-state index contributed by atoms with van der Waals surface area (Å²) in [5.41, 5.74) is 1.32. The van der Waals surface area contributed by atoms with Crippen molar-refractivity contribution in [2.24, 2.45) is 0 Å². The fraction of sp³-hybridized carbons (Fsp3) is 0.545. The maximum absolute atomic E-state index is 11.1. The third kappa shape index (κ3) is 4.25. The van der Waals surface area contributed by atoms with Crippen LogP contribution >= 0.6 is 0 Å². The molecule has 0 saturated carbocycles. The Morgan fingerprint density at radius 3 is 2.56 bits per heavy atom. The van der Waals surface area contributed by atoms with Crippen LogP contribution in [0, 0.1) is 6.92 Å². The van der Waals surface area contributed by atoms with Crippen molar-refractivity contribution >= 4 is 11.6 Å². The molecule has 0 aliphatic carbocycles. The van der Waals surface area contributed by atoms with Gasteiger partial charge in [-0.3, -0.25) is 4.79 Å². The number of rotatable bonds is 3. The SMILES string of the molecule is CC.CCC(=O)Nc1cnc(OC)nc1C. The molecule has 0 aliphatic heterocycles. The van der Waals surface area contributed by atoms with Gasteiger partial charge >= 0.3 is 6.01 Å².